The standard InChI is InChI=1S/C18H20ClNO3/c1-13-11-15(19)7-8-16(13)23-12-18(21)20-10-9-14-5-3-4-6-17(14)22-2/h3-8,11H,9-10,12H2,1-2H3,(H,20,21). The molecule has 0 radical (unpaired) electrons. The van der Waals surface area contributed by atoms with Crippen LogP contribution in [0, 0.1) is 6.92 Å². The number of benzene rings is 2. The van der Waals surface area contributed by atoms with E-state index in [4.69, 9.17) is 21.1 Å². The highest BCUT2D eigenvalue weighted by Crippen LogP contribution is 2.21. The second kappa shape index (κ2) is 8.44. The minimum Gasteiger partial charge on any atom is -0.496 e. The molecule has 0 aliphatic heterocycles. The van der Waals surface area contributed by atoms with Gasteiger partial charge in [0.1, 0.15) is 11.5 Å². The number of amides is 1. The molecule has 5 heteroatoms. The second-order valence-electron chi connectivity index (χ2n) is 5.11. The second-order valence-corrected chi connectivity index (χ2v) is 5.55. The van der Waals surface area contributed by atoms with E-state index in [1.54, 1.807) is 25.3 Å². The van der Waals surface area contributed by atoms with E-state index in [0.717, 1.165) is 16.9 Å². The smallest absolute Gasteiger partial charge is 0.257 e. The van der Waals surface area contributed by atoms with Crippen molar-refractivity contribution in [1.29, 1.82) is 0 Å². The van der Waals surface area contributed by atoms with Crippen LogP contribution in [0.15, 0.2) is 42.5 Å². The van der Waals surface area contributed by atoms with Crippen LogP contribution in [-0.2, 0) is 11.2 Å². The van der Waals surface area contributed by atoms with E-state index in [-0.39, 0.29) is 12.5 Å². The van der Waals surface area contributed by atoms with Crippen LogP contribution in [0.25, 0.3) is 0 Å². The zero-order chi connectivity index (χ0) is 16.7. The number of hydrogen-bond acceptors (Lipinski definition) is 3. The van der Waals surface area contributed by atoms with Crippen molar-refractivity contribution in [3.8, 4) is 11.5 Å². The minimum absolute atomic E-state index is 0.0194. The number of halogens is 1. The number of rotatable bonds is 7. The van der Waals surface area contributed by atoms with Gasteiger partial charge in [-0.1, -0.05) is 29.8 Å². The zero-order valence-electron chi connectivity index (χ0n) is 13.3. The summed E-state index contributed by atoms with van der Waals surface area (Å²) in [6.45, 7) is 2.40. The lowest BCUT2D eigenvalue weighted by atomic mass is 10.1. The van der Waals surface area contributed by atoms with E-state index in [2.05, 4.69) is 5.32 Å². The van der Waals surface area contributed by atoms with E-state index < -0.39 is 0 Å². The van der Waals surface area contributed by atoms with Gasteiger partial charge in [-0.05, 0) is 48.7 Å². The van der Waals surface area contributed by atoms with Gasteiger partial charge in [-0.2, -0.15) is 0 Å². The molecule has 2 aromatic rings. The highest BCUT2D eigenvalue weighted by atomic mass is 35.5. The summed E-state index contributed by atoms with van der Waals surface area (Å²) < 4.78 is 10.8. The van der Waals surface area contributed by atoms with Gasteiger partial charge in [0.25, 0.3) is 5.91 Å². The Kier molecular flexibility index (Phi) is 6.29. The van der Waals surface area contributed by atoms with Gasteiger partial charge in [0.05, 0.1) is 7.11 Å². The summed E-state index contributed by atoms with van der Waals surface area (Å²) in [5.41, 5.74) is 1.96. The molecule has 1 N–H and O–H groups in total. The molecule has 0 heterocycles. The van der Waals surface area contributed by atoms with Gasteiger partial charge in [0, 0.05) is 11.6 Å². The third-order valence-corrected chi connectivity index (χ3v) is 3.64. The van der Waals surface area contributed by atoms with E-state index in [9.17, 15) is 4.79 Å². The fraction of sp³-hybridized carbons (Fsp3) is 0.278. The van der Waals surface area contributed by atoms with Crippen molar-refractivity contribution < 1.29 is 14.3 Å². The van der Waals surface area contributed by atoms with E-state index >= 15 is 0 Å². The molecular formula is C18H20ClNO3. The molecule has 0 aromatic heterocycles. The van der Waals surface area contributed by atoms with Crippen molar-refractivity contribution in [3.63, 3.8) is 0 Å². The van der Waals surface area contributed by atoms with Crippen LogP contribution in [0.4, 0.5) is 0 Å². The van der Waals surface area contributed by atoms with Gasteiger partial charge in [-0.15, -0.1) is 0 Å². The molecule has 0 spiro atoms. The van der Waals surface area contributed by atoms with E-state index in [1.807, 2.05) is 31.2 Å². The van der Waals surface area contributed by atoms with Gasteiger partial charge in [-0.25, -0.2) is 0 Å². The van der Waals surface area contributed by atoms with Crippen molar-refractivity contribution in [2.75, 3.05) is 20.3 Å². The molecule has 4 nitrogen and oxygen atoms in total. The predicted octanol–water partition coefficient (Wildman–Crippen LogP) is 3.39. The summed E-state index contributed by atoms with van der Waals surface area (Å²) in [7, 11) is 1.64. The summed E-state index contributed by atoms with van der Waals surface area (Å²) in [4.78, 5) is 11.8. The molecule has 0 aliphatic carbocycles. The highest BCUT2D eigenvalue weighted by molar-refractivity contribution is 6.30. The van der Waals surface area contributed by atoms with Crippen LogP contribution in [0.5, 0.6) is 11.5 Å². The number of nitrogens with one attached hydrogen (secondary N) is 1. The van der Waals surface area contributed by atoms with Gasteiger partial charge in [-0.3, -0.25) is 4.79 Å². The number of para-hydroxylation sites is 1. The first-order valence-corrected chi connectivity index (χ1v) is 7.75. The Bertz CT molecular complexity index is 673. The van der Waals surface area contributed by atoms with Crippen molar-refractivity contribution in [1.82, 2.24) is 5.32 Å². The average molecular weight is 334 g/mol. The molecular weight excluding hydrogens is 314 g/mol. The van der Waals surface area contributed by atoms with Crippen molar-refractivity contribution in [2.24, 2.45) is 0 Å². The molecule has 0 saturated heterocycles. The Hall–Kier alpha value is -2.20. The van der Waals surface area contributed by atoms with Crippen LogP contribution >= 0.6 is 11.6 Å². The highest BCUT2D eigenvalue weighted by Gasteiger charge is 2.06. The molecule has 0 aliphatic rings. The Balaban J connectivity index is 1.77. The molecule has 0 bridgehead atoms. The van der Waals surface area contributed by atoms with Gasteiger partial charge < -0.3 is 14.8 Å². The molecule has 23 heavy (non-hydrogen) atoms. The number of aryl methyl sites for hydroxylation is 1. The monoisotopic (exact) mass is 333 g/mol. The summed E-state index contributed by atoms with van der Waals surface area (Å²) >= 11 is 5.89. The van der Waals surface area contributed by atoms with Crippen molar-refractivity contribution in [3.05, 3.63) is 58.6 Å². The Morgan fingerprint density at radius 2 is 1.96 bits per heavy atom. The lowest BCUT2D eigenvalue weighted by Gasteiger charge is -2.11. The first-order chi connectivity index (χ1) is 11.1. The molecule has 2 rings (SSSR count). The molecule has 2 aromatic carbocycles. The Morgan fingerprint density at radius 3 is 2.70 bits per heavy atom. The summed E-state index contributed by atoms with van der Waals surface area (Å²) in [5.74, 6) is 1.33. The lowest BCUT2D eigenvalue weighted by molar-refractivity contribution is -0.123. The number of hydrogen-bond donors (Lipinski definition) is 1. The largest absolute Gasteiger partial charge is 0.496 e. The maximum atomic E-state index is 11.8. The van der Waals surface area contributed by atoms with Crippen LogP contribution in [0.3, 0.4) is 0 Å². The molecule has 0 fully saturated rings. The van der Waals surface area contributed by atoms with Gasteiger partial charge in [0.2, 0.25) is 0 Å². The van der Waals surface area contributed by atoms with Crippen LogP contribution in [0.2, 0.25) is 5.02 Å². The topological polar surface area (TPSA) is 47.6 Å². The van der Waals surface area contributed by atoms with Crippen molar-refractivity contribution in [2.45, 2.75) is 13.3 Å². The fourth-order valence-corrected chi connectivity index (χ4v) is 2.44. The average Bonchev–Trinajstić information content (AvgIpc) is 2.54. The third kappa shape index (κ3) is 5.18. The van der Waals surface area contributed by atoms with Crippen LogP contribution in [-0.4, -0.2) is 26.2 Å². The third-order valence-electron chi connectivity index (χ3n) is 3.40. The summed E-state index contributed by atoms with van der Waals surface area (Å²) in [5, 5.41) is 3.49. The predicted molar refractivity (Wildman–Crippen MR) is 91.4 cm³/mol. The van der Waals surface area contributed by atoms with Crippen molar-refractivity contribution >= 4 is 17.5 Å². The SMILES string of the molecule is COc1ccccc1CCNC(=O)COc1ccc(Cl)cc1C. The Morgan fingerprint density at radius 1 is 1.17 bits per heavy atom. The van der Waals surface area contributed by atoms with E-state index in [0.29, 0.717) is 23.7 Å². The Labute approximate surface area is 141 Å². The first-order valence-electron chi connectivity index (χ1n) is 7.37. The maximum Gasteiger partial charge on any atom is 0.257 e. The van der Waals surface area contributed by atoms with Gasteiger partial charge >= 0.3 is 0 Å². The normalized spacial score (nSPS) is 10.2. The van der Waals surface area contributed by atoms with E-state index in [1.165, 1.54) is 0 Å². The summed E-state index contributed by atoms with van der Waals surface area (Å²) in [6.07, 6.45) is 0.704. The van der Waals surface area contributed by atoms with Crippen LogP contribution in [0.1, 0.15) is 11.1 Å². The number of carbonyl (C=O) groups excluding carboxylic acids is 1. The molecule has 0 unspecified atom stereocenters. The molecule has 122 valence electrons. The first kappa shape index (κ1) is 17.2. The molecule has 0 atom stereocenters. The van der Waals surface area contributed by atoms with Crippen LogP contribution < -0.4 is 14.8 Å². The zero-order valence-corrected chi connectivity index (χ0v) is 14.0. The number of carbonyl (C=O) groups is 1. The quantitative estimate of drug-likeness (QED) is 0.844. The number of methoxy groups -OCH3 is 1. The molecule has 0 saturated carbocycles. The lowest BCUT2D eigenvalue weighted by Crippen LogP contribution is -2.30. The van der Waals surface area contributed by atoms with Gasteiger partial charge in [0.15, 0.2) is 6.61 Å². The fourth-order valence-electron chi connectivity index (χ4n) is 2.22. The minimum atomic E-state index is -0.158. The molecule has 1 amide bonds. The number of ether oxygens (including phenoxy) is 2. The maximum absolute atomic E-state index is 11.8. The summed E-state index contributed by atoms with van der Waals surface area (Å²) in [6, 6.07) is 13.1.